The van der Waals surface area contributed by atoms with Crippen LogP contribution in [-0.4, -0.2) is 18.4 Å². The van der Waals surface area contributed by atoms with Crippen molar-refractivity contribution in [2.24, 2.45) is 0 Å². The highest BCUT2D eigenvalue weighted by Crippen LogP contribution is 2.38. The molecule has 0 spiro atoms. The minimum Gasteiger partial charge on any atom is -0.497 e. The summed E-state index contributed by atoms with van der Waals surface area (Å²) < 4.78 is 16.6. The highest BCUT2D eigenvalue weighted by atomic mass is 32.1. The number of benzene rings is 3. The van der Waals surface area contributed by atoms with Gasteiger partial charge in [-0.2, -0.15) is 0 Å². The van der Waals surface area contributed by atoms with Crippen LogP contribution in [0.2, 0.25) is 0 Å². The molecular formula is C26H24N2O3S. The van der Waals surface area contributed by atoms with E-state index in [9.17, 15) is 0 Å². The minimum absolute atomic E-state index is 0.118. The van der Waals surface area contributed by atoms with Crippen molar-refractivity contribution in [3.8, 4) is 28.4 Å². The van der Waals surface area contributed by atoms with Gasteiger partial charge in [-0.25, -0.2) is 4.98 Å². The Morgan fingerprint density at radius 1 is 0.969 bits per heavy atom. The molecule has 0 saturated heterocycles. The van der Waals surface area contributed by atoms with E-state index >= 15 is 0 Å². The third-order valence-corrected chi connectivity index (χ3v) is 6.36. The van der Waals surface area contributed by atoms with E-state index in [2.05, 4.69) is 47.4 Å². The number of nitrogen functional groups attached to an aromatic ring is 1. The van der Waals surface area contributed by atoms with Crippen molar-refractivity contribution >= 4 is 16.5 Å². The highest BCUT2D eigenvalue weighted by molar-refractivity contribution is 7.13. The zero-order chi connectivity index (χ0) is 22.1. The van der Waals surface area contributed by atoms with Crippen LogP contribution in [-0.2, 0) is 6.42 Å². The van der Waals surface area contributed by atoms with Crippen molar-refractivity contribution in [3.63, 3.8) is 0 Å². The predicted molar refractivity (Wildman–Crippen MR) is 128 cm³/mol. The molecule has 162 valence electrons. The predicted octanol–water partition coefficient (Wildman–Crippen LogP) is 5.89. The number of ether oxygens (including phenoxy) is 3. The van der Waals surface area contributed by atoms with Gasteiger partial charge in [0, 0.05) is 18.2 Å². The molecule has 2 atom stereocenters. The lowest BCUT2D eigenvalue weighted by Crippen LogP contribution is -2.11. The number of anilines is 1. The van der Waals surface area contributed by atoms with E-state index < -0.39 is 0 Å². The molecule has 0 amide bonds. The van der Waals surface area contributed by atoms with Crippen LogP contribution in [0.5, 0.6) is 17.2 Å². The molecular weight excluding hydrogens is 420 g/mol. The Morgan fingerprint density at radius 2 is 1.69 bits per heavy atom. The standard InChI is InChI=1S/C26H24N2O3S/c1-16-30-24-12-9-20(14-25(24)31-16)18-5-3-17(4-6-18)13-22(23-15-32-26(27)28-23)19-7-10-21(29-2)11-8-19/h3-12,14-16,22H,13H2,1-2H3,(H2,27,28)/t16?,22-/m0/s1. The molecule has 2 N–H and O–H groups in total. The second kappa shape index (κ2) is 8.55. The Bertz CT molecular complexity index is 1220. The number of fused-ring (bicyclic) bond motifs is 1. The van der Waals surface area contributed by atoms with Gasteiger partial charge in [-0.15, -0.1) is 11.3 Å². The molecule has 0 radical (unpaired) electrons. The zero-order valence-electron chi connectivity index (χ0n) is 17.9. The van der Waals surface area contributed by atoms with Crippen LogP contribution in [0.3, 0.4) is 0 Å². The van der Waals surface area contributed by atoms with Gasteiger partial charge in [0.1, 0.15) is 5.75 Å². The first-order valence-corrected chi connectivity index (χ1v) is 11.4. The van der Waals surface area contributed by atoms with Crippen molar-refractivity contribution in [2.75, 3.05) is 12.8 Å². The van der Waals surface area contributed by atoms with E-state index in [0.717, 1.165) is 40.5 Å². The molecule has 1 unspecified atom stereocenters. The van der Waals surface area contributed by atoms with Crippen LogP contribution in [0.4, 0.5) is 5.13 Å². The largest absolute Gasteiger partial charge is 0.497 e. The van der Waals surface area contributed by atoms with Crippen LogP contribution in [0, 0.1) is 0 Å². The Kier molecular flexibility index (Phi) is 5.45. The summed E-state index contributed by atoms with van der Waals surface area (Å²) in [6, 6.07) is 22.9. The van der Waals surface area contributed by atoms with Gasteiger partial charge in [0.2, 0.25) is 6.29 Å². The molecule has 1 aromatic heterocycles. The second-order valence-corrected chi connectivity index (χ2v) is 8.69. The fraction of sp³-hybridized carbons (Fsp3) is 0.192. The van der Waals surface area contributed by atoms with E-state index in [1.165, 1.54) is 22.5 Å². The molecule has 3 aromatic carbocycles. The molecule has 2 heterocycles. The monoisotopic (exact) mass is 444 g/mol. The number of rotatable bonds is 6. The first-order chi connectivity index (χ1) is 15.6. The lowest BCUT2D eigenvalue weighted by atomic mass is 9.89. The average molecular weight is 445 g/mol. The van der Waals surface area contributed by atoms with E-state index in [0.29, 0.717) is 5.13 Å². The van der Waals surface area contributed by atoms with E-state index in [1.54, 1.807) is 7.11 Å². The van der Waals surface area contributed by atoms with Gasteiger partial charge in [-0.1, -0.05) is 42.5 Å². The van der Waals surface area contributed by atoms with Crippen LogP contribution < -0.4 is 19.9 Å². The summed E-state index contributed by atoms with van der Waals surface area (Å²) in [6.45, 7) is 1.89. The normalized spacial score (nSPS) is 15.5. The third kappa shape index (κ3) is 4.14. The van der Waals surface area contributed by atoms with Crippen LogP contribution >= 0.6 is 11.3 Å². The van der Waals surface area contributed by atoms with Gasteiger partial charge in [0.15, 0.2) is 16.6 Å². The molecule has 1 aliphatic heterocycles. The number of aromatic nitrogens is 1. The summed E-state index contributed by atoms with van der Waals surface area (Å²) in [6.07, 6.45) is 0.589. The molecule has 5 nitrogen and oxygen atoms in total. The van der Waals surface area contributed by atoms with Gasteiger partial charge in [-0.05, 0) is 52.9 Å². The molecule has 6 heteroatoms. The molecule has 4 aromatic rings. The van der Waals surface area contributed by atoms with Crippen LogP contribution in [0.1, 0.15) is 29.7 Å². The summed E-state index contributed by atoms with van der Waals surface area (Å²) in [4.78, 5) is 4.57. The molecule has 5 rings (SSSR count). The summed E-state index contributed by atoms with van der Waals surface area (Å²) in [5, 5.41) is 2.64. The Labute approximate surface area is 191 Å². The molecule has 0 aliphatic carbocycles. The SMILES string of the molecule is COc1ccc([C@H](Cc2ccc(-c3ccc4c(c3)OC(C)O4)cc2)c2csc(N)n2)cc1. The maximum absolute atomic E-state index is 5.93. The smallest absolute Gasteiger partial charge is 0.238 e. The number of nitrogens with two attached hydrogens (primary N) is 1. The van der Waals surface area contributed by atoms with Gasteiger partial charge in [0.05, 0.1) is 12.8 Å². The number of hydrogen-bond acceptors (Lipinski definition) is 6. The molecule has 0 saturated carbocycles. The van der Waals surface area contributed by atoms with Crippen molar-refractivity contribution in [1.82, 2.24) is 4.98 Å². The Morgan fingerprint density at radius 3 is 2.38 bits per heavy atom. The van der Waals surface area contributed by atoms with Crippen molar-refractivity contribution in [2.45, 2.75) is 25.6 Å². The van der Waals surface area contributed by atoms with Gasteiger partial charge >= 0.3 is 0 Å². The third-order valence-electron chi connectivity index (χ3n) is 5.67. The topological polar surface area (TPSA) is 66.6 Å². The van der Waals surface area contributed by atoms with E-state index in [4.69, 9.17) is 19.9 Å². The van der Waals surface area contributed by atoms with Gasteiger partial charge in [-0.3, -0.25) is 0 Å². The van der Waals surface area contributed by atoms with Gasteiger partial charge in [0.25, 0.3) is 0 Å². The lowest BCUT2D eigenvalue weighted by Gasteiger charge is -2.16. The Hall–Kier alpha value is -3.51. The van der Waals surface area contributed by atoms with Crippen molar-refractivity contribution < 1.29 is 14.2 Å². The first-order valence-electron chi connectivity index (χ1n) is 10.5. The summed E-state index contributed by atoms with van der Waals surface area (Å²) in [5.41, 5.74) is 11.6. The van der Waals surface area contributed by atoms with Crippen LogP contribution in [0.25, 0.3) is 11.1 Å². The first kappa shape index (κ1) is 20.4. The summed E-state index contributed by atoms with van der Waals surface area (Å²) in [5.74, 6) is 2.54. The lowest BCUT2D eigenvalue weighted by molar-refractivity contribution is 0.0679. The van der Waals surface area contributed by atoms with E-state index in [1.807, 2.05) is 36.6 Å². The van der Waals surface area contributed by atoms with Crippen molar-refractivity contribution in [3.05, 3.63) is 88.9 Å². The molecule has 0 fully saturated rings. The number of thiazole rings is 1. The van der Waals surface area contributed by atoms with Crippen molar-refractivity contribution in [1.29, 1.82) is 0 Å². The quantitative estimate of drug-likeness (QED) is 0.401. The number of methoxy groups -OCH3 is 1. The fourth-order valence-electron chi connectivity index (χ4n) is 4.02. The second-order valence-electron chi connectivity index (χ2n) is 7.80. The summed E-state index contributed by atoms with van der Waals surface area (Å²) in [7, 11) is 1.68. The number of hydrogen-bond donors (Lipinski definition) is 1. The maximum Gasteiger partial charge on any atom is 0.238 e. The minimum atomic E-state index is -0.239. The number of nitrogens with zero attached hydrogens (tertiary/aromatic N) is 1. The molecule has 0 bridgehead atoms. The average Bonchev–Trinajstić information content (AvgIpc) is 3.41. The maximum atomic E-state index is 5.93. The molecule has 32 heavy (non-hydrogen) atoms. The fourth-order valence-corrected chi connectivity index (χ4v) is 4.63. The highest BCUT2D eigenvalue weighted by Gasteiger charge is 2.21. The van der Waals surface area contributed by atoms with Crippen LogP contribution in [0.15, 0.2) is 72.1 Å². The zero-order valence-corrected chi connectivity index (χ0v) is 18.8. The molecule has 1 aliphatic rings. The van der Waals surface area contributed by atoms with E-state index in [-0.39, 0.29) is 12.2 Å². The summed E-state index contributed by atoms with van der Waals surface area (Å²) >= 11 is 1.48. The van der Waals surface area contributed by atoms with Gasteiger partial charge < -0.3 is 19.9 Å². The Balaban J connectivity index is 1.40.